The minimum atomic E-state index is 0.801. The van der Waals surface area contributed by atoms with Crippen molar-refractivity contribution in [2.24, 2.45) is 0 Å². The molecule has 0 atom stereocenters. The van der Waals surface area contributed by atoms with Gasteiger partial charge in [0.1, 0.15) is 0 Å². The second-order valence-electron chi connectivity index (χ2n) is 4.32. The summed E-state index contributed by atoms with van der Waals surface area (Å²) in [4.78, 5) is 2.27. The lowest BCUT2D eigenvalue weighted by Crippen LogP contribution is -2.31. The van der Waals surface area contributed by atoms with Crippen LogP contribution in [0.1, 0.15) is 12.5 Å². The molecule has 1 rings (SSSR count). The Labute approximate surface area is 105 Å². The molecule has 0 aliphatic carbocycles. The fourth-order valence-corrected chi connectivity index (χ4v) is 1.65. The highest BCUT2D eigenvalue weighted by atomic mass is 16.5. The van der Waals surface area contributed by atoms with Gasteiger partial charge in [-0.25, -0.2) is 0 Å². The summed E-state index contributed by atoms with van der Waals surface area (Å²) < 4.78 is 7.23. The van der Waals surface area contributed by atoms with Gasteiger partial charge in [-0.1, -0.05) is 0 Å². The summed E-state index contributed by atoms with van der Waals surface area (Å²) in [6.07, 6.45) is 4.32. The van der Waals surface area contributed by atoms with E-state index >= 15 is 0 Å². The Kier molecular flexibility index (Phi) is 6.93. The van der Waals surface area contributed by atoms with Gasteiger partial charge in [0.15, 0.2) is 0 Å². The number of hydrogen-bond donors (Lipinski definition) is 1. The summed E-state index contributed by atoms with van der Waals surface area (Å²) in [6.45, 7) is 8.00. The van der Waals surface area contributed by atoms with E-state index in [9.17, 15) is 0 Å². The molecule has 0 aliphatic heterocycles. The summed E-state index contributed by atoms with van der Waals surface area (Å²) in [5.74, 6) is 0. The molecule has 17 heavy (non-hydrogen) atoms. The normalized spacial score (nSPS) is 11.3. The van der Waals surface area contributed by atoms with Crippen LogP contribution in [0.25, 0.3) is 0 Å². The Hall–Kier alpha value is -0.840. The van der Waals surface area contributed by atoms with Gasteiger partial charge < -0.3 is 19.5 Å². The molecule has 0 amide bonds. The van der Waals surface area contributed by atoms with Gasteiger partial charge in [-0.3, -0.25) is 0 Å². The summed E-state index contributed by atoms with van der Waals surface area (Å²) in [7, 11) is 3.86. The lowest BCUT2D eigenvalue weighted by molar-refractivity contribution is 0.161. The molecule has 1 heterocycles. The first-order valence-electron chi connectivity index (χ1n) is 6.29. The Morgan fingerprint density at radius 3 is 2.88 bits per heavy atom. The van der Waals surface area contributed by atoms with E-state index in [0.29, 0.717) is 0 Å². The minimum Gasteiger partial charge on any atom is -0.383 e. The Morgan fingerprint density at radius 1 is 1.41 bits per heavy atom. The zero-order valence-electron chi connectivity index (χ0n) is 11.3. The second-order valence-corrected chi connectivity index (χ2v) is 4.32. The van der Waals surface area contributed by atoms with Crippen molar-refractivity contribution in [1.82, 2.24) is 14.8 Å². The van der Waals surface area contributed by atoms with Gasteiger partial charge in [-0.2, -0.15) is 0 Å². The summed E-state index contributed by atoms with van der Waals surface area (Å²) in [5.41, 5.74) is 1.35. The average Bonchev–Trinajstić information content (AvgIpc) is 2.80. The van der Waals surface area contributed by atoms with Crippen molar-refractivity contribution in [3.8, 4) is 0 Å². The molecule has 0 spiro atoms. The maximum absolute atomic E-state index is 5.04. The van der Waals surface area contributed by atoms with Crippen LogP contribution in [0.5, 0.6) is 0 Å². The molecule has 0 fully saturated rings. The molecule has 1 N–H and O–H groups in total. The summed E-state index contributed by atoms with van der Waals surface area (Å²) in [6, 6.07) is 2.17. The Balaban J connectivity index is 2.07. The molecule has 0 saturated carbocycles. The van der Waals surface area contributed by atoms with Crippen LogP contribution in [-0.4, -0.2) is 49.9 Å². The Bertz CT molecular complexity index is 299. The molecule has 98 valence electrons. The maximum Gasteiger partial charge on any atom is 0.0589 e. The van der Waals surface area contributed by atoms with Crippen molar-refractivity contribution in [1.29, 1.82) is 0 Å². The van der Waals surface area contributed by atoms with E-state index in [1.165, 1.54) is 5.56 Å². The second kappa shape index (κ2) is 8.28. The standard InChI is InChI=1S/C13H25N3O/c1-4-16-7-5-13(12-16)11-14-6-8-15(2)9-10-17-3/h5,7,12,14H,4,6,8-11H2,1-3H3. The van der Waals surface area contributed by atoms with Crippen molar-refractivity contribution in [2.75, 3.05) is 40.4 Å². The molecule has 0 unspecified atom stereocenters. The highest BCUT2D eigenvalue weighted by Gasteiger charge is 1.98. The zero-order valence-corrected chi connectivity index (χ0v) is 11.3. The number of rotatable bonds is 9. The summed E-state index contributed by atoms with van der Waals surface area (Å²) >= 11 is 0. The highest BCUT2D eigenvalue weighted by molar-refractivity contribution is 5.09. The molecule has 4 heteroatoms. The number of nitrogens with zero attached hydrogens (tertiary/aromatic N) is 2. The smallest absolute Gasteiger partial charge is 0.0589 e. The maximum atomic E-state index is 5.04. The molecule has 0 aliphatic rings. The fourth-order valence-electron chi connectivity index (χ4n) is 1.65. The van der Waals surface area contributed by atoms with Gasteiger partial charge in [-0.05, 0) is 25.6 Å². The molecule has 4 nitrogen and oxygen atoms in total. The van der Waals surface area contributed by atoms with Gasteiger partial charge in [0, 0.05) is 52.2 Å². The van der Waals surface area contributed by atoms with Crippen molar-refractivity contribution >= 4 is 0 Å². The zero-order chi connectivity index (χ0) is 12.5. The van der Waals surface area contributed by atoms with Crippen LogP contribution in [0.2, 0.25) is 0 Å². The van der Waals surface area contributed by atoms with E-state index in [1.54, 1.807) is 7.11 Å². The predicted octanol–water partition coefficient (Wildman–Crippen LogP) is 1.18. The van der Waals surface area contributed by atoms with Crippen LogP contribution < -0.4 is 5.32 Å². The van der Waals surface area contributed by atoms with Gasteiger partial charge in [-0.15, -0.1) is 0 Å². The quantitative estimate of drug-likeness (QED) is 0.656. The van der Waals surface area contributed by atoms with Crippen molar-refractivity contribution in [3.05, 3.63) is 24.0 Å². The minimum absolute atomic E-state index is 0.801. The van der Waals surface area contributed by atoms with Crippen LogP contribution in [0.3, 0.4) is 0 Å². The molecule has 0 radical (unpaired) electrons. The molecule has 0 aromatic carbocycles. The number of ether oxygens (including phenoxy) is 1. The van der Waals surface area contributed by atoms with Gasteiger partial charge in [0.05, 0.1) is 6.61 Å². The average molecular weight is 239 g/mol. The lowest BCUT2D eigenvalue weighted by Gasteiger charge is -2.15. The van der Waals surface area contributed by atoms with E-state index in [0.717, 1.165) is 39.3 Å². The molecule has 0 saturated heterocycles. The summed E-state index contributed by atoms with van der Waals surface area (Å²) in [5, 5.41) is 3.45. The first-order valence-corrected chi connectivity index (χ1v) is 6.29. The lowest BCUT2D eigenvalue weighted by atomic mass is 10.3. The van der Waals surface area contributed by atoms with Crippen LogP contribution in [0.4, 0.5) is 0 Å². The van der Waals surface area contributed by atoms with Crippen LogP contribution in [0, 0.1) is 0 Å². The van der Waals surface area contributed by atoms with Crippen molar-refractivity contribution in [3.63, 3.8) is 0 Å². The van der Waals surface area contributed by atoms with Gasteiger partial charge in [0.2, 0.25) is 0 Å². The third-order valence-electron chi connectivity index (χ3n) is 2.85. The number of methoxy groups -OCH3 is 1. The van der Waals surface area contributed by atoms with Crippen LogP contribution >= 0.6 is 0 Å². The van der Waals surface area contributed by atoms with Crippen LogP contribution in [0.15, 0.2) is 18.5 Å². The molecule has 0 bridgehead atoms. The third kappa shape index (κ3) is 5.86. The highest BCUT2D eigenvalue weighted by Crippen LogP contribution is 2.00. The number of hydrogen-bond acceptors (Lipinski definition) is 3. The van der Waals surface area contributed by atoms with E-state index in [4.69, 9.17) is 4.74 Å². The topological polar surface area (TPSA) is 29.4 Å². The number of aromatic nitrogens is 1. The van der Waals surface area contributed by atoms with Gasteiger partial charge in [0.25, 0.3) is 0 Å². The molecule has 1 aromatic rings. The van der Waals surface area contributed by atoms with Crippen molar-refractivity contribution in [2.45, 2.75) is 20.0 Å². The first-order chi connectivity index (χ1) is 8.26. The number of nitrogens with one attached hydrogen (secondary N) is 1. The van der Waals surface area contributed by atoms with E-state index in [1.807, 2.05) is 0 Å². The number of aryl methyl sites for hydroxylation is 1. The monoisotopic (exact) mass is 239 g/mol. The van der Waals surface area contributed by atoms with E-state index in [2.05, 4.69) is 47.2 Å². The van der Waals surface area contributed by atoms with E-state index < -0.39 is 0 Å². The molecular weight excluding hydrogens is 214 g/mol. The van der Waals surface area contributed by atoms with Crippen LogP contribution in [-0.2, 0) is 17.8 Å². The Morgan fingerprint density at radius 2 is 2.24 bits per heavy atom. The largest absolute Gasteiger partial charge is 0.383 e. The third-order valence-corrected chi connectivity index (χ3v) is 2.85. The predicted molar refractivity (Wildman–Crippen MR) is 71.2 cm³/mol. The fraction of sp³-hybridized carbons (Fsp3) is 0.692. The SMILES string of the molecule is CCn1ccc(CNCCN(C)CCOC)c1. The van der Waals surface area contributed by atoms with E-state index in [-0.39, 0.29) is 0 Å². The molecule has 1 aromatic heterocycles. The molecular formula is C13H25N3O. The first kappa shape index (κ1) is 14.2. The number of likely N-dealkylation sites (N-methyl/N-ethyl adjacent to an activating group) is 1. The van der Waals surface area contributed by atoms with Crippen molar-refractivity contribution < 1.29 is 4.74 Å². The van der Waals surface area contributed by atoms with Gasteiger partial charge >= 0.3 is 0 Å².